The van der Waals surface area contributed by atoms with Gasteiger partial charge in [-0.05, 0) is 44.0 Å². The highest BCUT2D eigenvalue weighted by Gasteiger charge is 2.15. The van der Waals surface area contributed by atoms with E-state index < -0.39 is 11.7 Å². The lowest BCUT2D eigenvalue weighted by Gasteiger charge is -2.19. The van der Waals surface area contributed by atoms with Crippen LogP contribution in [0.5, 0.6) is 0 Å². The molecule has 0 saturated carbocycles. The molecule has 0 aliphatic rings. The highest BCUT2D eigenvalue weighted by Crippen LogP contribution is 2.15. The van der Waals surface area contributed by atoms with Gasteiger partial charge in [-0.15, -0.1) is 0 Å². The molecule has 1 aromatic carbocycles. The molecule has 0 spiro atoms. The number of alkyl carbamates (subject to hydrolysis) is 1. The number of aromatic nitrogens is 3. The van der Waals surface area contributed by atoms with Crippen LogP contribution in [0.1, 0.15) is 31.9 Å². The fourth-order valence-electron chi connectivity index (χ4n) is 2.74. The summed E-state index contributed by atoms with van der Waals surface area (Å²) in [6.07, 6.45) is 2.85. The van der Waals surface area contributed by atoms with Crippen LogP contribution in [0.4, 0.5) is 10.7 Å². The second kappa shape index (κ2) is 9.21. The van der Waals surface area contributed by atoms with Crippen molar-refractivity contribution in [2.75, 3.05) is 5.32 Å². The molecule has 3 rings (SSSR count). The first-order chi connectivity index (χ1) is 14.3. The van der Waals surface area contributed by atoms with E-state index in [1.807, 2.05) is 45.0 Å². The predicted octanol–water partition coefficient (Wildman–Crippen LogP) is 3.47. The topological polar surface area (TPSA) is 109 Å². The molecular formula is C22H25N5O3. The van der Waals surface area contributed by atoms with Crippen LogP contribution < -0.4 is 16.2 Å². The average Bonchev–Trinajstić information content (AvgIpc) is 2.70. The Morgan fingerprint density at radius 1 is 1.07 bits per heavy atom. The minimum absolute atomic E-state index is 0.241. The fraction of sp³-hybridized carbons (Fsp3) is 0.273. The molecule has 0 fully saturated rings. The van der Waals surface area contributed by atoms with Gasteiger partial charge in [0.25, 0.3) is 5.56 Å². The molecule has 30 heavy (non-hydrogen) atoms. The molecule has 0 saturated heterocycles. The van der Waals surface area contributed by atoms with Gasteiger partial charge in [0.2, 0.25) is 5.95 Å². The van der Waals surface area contributed by atoms with E-state index in [4.69, 9.17) is 4.74 Å². The van der Waals surface area contributed by atoms with Gasteiger partial charge in [-0.1, -0.05) is 24.3 Å². The number of H-pyrrole nitrogens is 1. The minimum atomic E-state index is -0.537. The molecule has 0 radical (unpaired) electrons. The molecular weight excluding hydrogens is 382 g/mol. The molecule has 0 unspecified atom stereocenters. The molecule has 0 bridgehead atoms. The van der Waals surface area contributed by atoms with Crippen LogP contribution in [-0.4, -0.2) is 26.6 Å². The van der Waals surface area contributed by atoms with Crippen LogP contribution >= 0.6 is 0 Å². The summed E-state index contributed by atoms with van der Waals surface area (Å²) in [5.74, 6) is 0.381. The van der Waals surface area contributed by atoms with E-state index in [-0.39, 0.29) is 5.56 Å². The van der Waals surface area contributed by atoms with Crippen molar-refractivity contribution < 1.29 is 9.53 Å². The van der Waals surface area contributed by atoms with Crippen molar-refractivity contribution in [1.29, 1.82) is 0 Å². The maximum Gasteiger partial charge on any atom is 0.407 e. The molecule has 2 heterocycles. The van der Waals surface area contributed by atoms with E-state index in [1.54, 1.807) is 24.5 Å². The van der Waals surface area contributed by atoms with Crippen molar-refractivity contribution in [2.45, 2.75) is 39.5 Å². The van der Waals surface area contributed by atoms with Crippen molar-refractivity contribution in [3.63, 3.8) is 0 Å². The molecule has 156 valence electrons. The molecule has 3 aromatic rings. The van der Waals surface area contributed by atoms with Gasteiger partial charge in [-0.3, -0.25) is 14.8 Å². The number of hydrogen-bond donors (Lipinski definition) is 3. The third-order valence-electron chi connectivity index (χ3n) is 4.00. The maximum absolute atomic E-state index is 12.0. The lowest BCUT2D eigenvalue weighted by atomic mass is 10.1. The first kappa shape index (κ1) is 21.0. The Hall–Kier alpha value is -3.68. The van der Waals surface area contributed by atoms with Gasteiger partial charge in [0.15, 0.2) is 0 Å². The van der Waals surface area contributed by atoms with Crippen LogP contribution in [0, 0.1) is 0 Å². The minimum Gasteiger partial charge on any atom is -0.444 e. The molecule has 0 atom stereocenters. The maximum atomic E-state index is 12.0. The standard InChI is InChI=1S/C22H25N5O3/c1-22(2,3)30-21(29)25-14-16-6-4-5-15(11-16)13-24-20-26-18(12-19(28)27-20)17-7-9-23-10-8-17/h4-12H,13-14H2,1-3H3,(H,25,29)(H2,24,26,27,28). The zero-order valence-corrected chi connectivity index (χ0v) is 17.2. The summed E-state index contributed by atoms with van der Waals surface area (Å²) in [5, 5.41) is 5.88. The van der Waals surface area contributed by atoms with E-state index in [1.165, 1.54) is 6.07 Å². The smallest absolute Gasteiger partial charge is 0.407 e. The van der Waals surface area contributed by atoms with E-state index in [2.05, 4.69) is 25.6 Å². The summed E-state index contributed by atoms with van der Waals surface area (Å²) in [7, 11) is 0. The number of amides is 1. The number of nitrogens with one attached hydrogen (secondary N) is 3. The Bertz CT molecular complexity index is 1060. The molecule has 0 aliphatic carbocycles. The third kappa shape index (κ3) is 6.44. The Labute approximate surface area is 174 Å². The second-order valence-electron chi connectivity index (χ2n) is 7.74. The fourth-order valence-corrected chi connectivity index (χ4v) is 2.74. The number of nitrogens with zero attached hydrogens (tertiary/aromatic N) is 2. The number of carbonyl (C=O) groups excluding carboxylic acids is 1. The van der Waals surface area contributed by atoms with Crippen molar-refractivity contribution in [3.05, 3.63) is 76.3 Å². The lowest BCUT2D eigenvalue weighted by Crippen LogP contribution is -2.32. The van der Waals surface area contributed by atoms with Crippen LogP contribution in [0.25, 0.3) is 11.3 Å². The summed E-state index contributed by atoms with van der Waals surface area (Å²) < 4.78 is 5.25. The first-order valence-electron chi connectivity index (χ1n) is 9.59. The first-order valence-corrected chi connectivity index (χ1v) is 9.59. The van der Waals surface area contributed by atoms with E-state index in [0.29, 0.717) is 24.7 Å². The van der Waals surface area contributed by atoms with Crippen LogP contribution in [0.15, 0.2) is 59.7 Å². The highest BCUT2D eigenvalue weighted by molar-refractivity contribution is 5.67. The summed E-state index contributed by atoms with van der Waals surface area (Å²) in [4.78, 5) is 35.0. The number of benzene rings is 1. The second-order valence-corrected chi connectivity index (χ2v) is 7.74. The number of rotatable bonds is 6. The lowest BCUT2D eigenvalue weighted by molar-refractivity contribution is 0.0523. The van der Waals surface area contributed by atoms with Gasteiger partial charge in [0, 0.05) is 37.1 Å². The van der Waals surface area contributed by atoms with Crippen molar-refractivity contribution >= 4 is 12.0 Å². The van der Waals surface area contributed by atoms with Gasteiger partial charge >= 0.3 is 6.09 Å². The molecule has 8 heteroatoms. The predicted molar refractivity (Wildman–Crippen MR) is 115 cm³/mol. The normalized spacial score (nSPS) is 11.0. The summed E-state index contributed by atoms with van der Waals surface area (Å²) in [5.41, 5.74) is 2.52. The highest BCUT2D eigenvalue weighted by atomic mass is 16.6. The zero-order chi connectivity index (χ0) is 21.6. The van der Waals surface area contributed by atoms with Crippen LogP contribution in [0.3, 0.4) is 0 Å². The van der Waals surface area contributed by atoms with Crippen molar-refractivity contribution in [2.24, 2.45) is 0 Å². The van der Waals surface area contributed by atoms with E-state index in [0.717, 1.165) is 16.7 Å². The molecule has 3 N–H and O–H groups in total. The van der Waals surface area contributed by atoms with Gasteiger partial charge in [0.1, 0.15) is 5.60 Å². The van der Waals surface area contributed by atoms with E-state index >= 15 is 0 Å². The summed E-state index contributed by atoms with van der Waals surface area (Å²) in [6, 6.07) is 12.8. The third-order valence-corrected chi connectivity index (χ3v) is 4.00. The Morgan fingerprint density at radius 2 is 1.77 bits per heavy atom. The van der Waals surface area contributed by atoms with Gasteiger partial charge in [-0.2, -0.15) is 0 Å². The molecule has 0 aliphatic heterocycles. The monoisotopic (exact) mass is 407 g/mol. The molecule has 2 aromatic heterocycles. The largest absolute Gasteiger partial charge is 0.444 e. The van der Waals surface area contributed by atoms with Crippen LogP contribution in [0.2, 0.25) is 0 Å². The number of carbonyl (C=O) groups is 1. The summed E-state index contributed by atoms with van der Waals surface area (Å²) >= 11 is 0. The Balaban J connectivity index is 1.63. The Kier molecular flexibility index (Phi) is 6.46. The van der Waals surface area contributed by atoms with Crippen molar-refractivity contribution in [1.82, 2.24) is 20.3 Å². The molecule has 1 amide bonds. The zero-order valence-electron chi connectivity index (χ0n) is 17.2. The van der Waals surface area contributed by atoms with E-state index in [9.17, 15) is 9.59 Å². The number of pyridine rings is 1. The number of aromatic amines is 1. The Morgan fingerprint density at radius 3 is 2.47 bits per heavy atom. The SMILES string of the molecule is CC(C)(C)OC(=O)NCc1cccc(CNc2nc(-c3ccncc3)cc(=O)[nH]2)c1. The average molecular weight is 407 g/mol. The number of anilines is 1. The van der Waals surface area contributed by atoms with Crippen LogP contribution in [-0.2, 0) is 17.8 Å². The quantitative estimate of drug-likeness (QED) is 0.577. The van der Waals surface area contributed by atoms with Gasteiger partial charge in [-0.25, -0.2) is 9.78 Å². The summed E-state index contributed by atoms with van der Waals surface area (Å²) in [6.45, 7) is 6.28. The molecule has 8 nitrogen and oxygen atoms in total. The number of ether oxygens (including phenoxy) is 1. The van der Waals surface area contributed by atoms with Crippen molar-refractivity contribution in [3.8, 4) is 11.3 Å². The number of hydrogen-bond acceptors (Lipinski definition) is 6. The van der Waals surface area contributed by atoms with Gasteiger partial charge < -0.3 is 15.4 Å². The van der Waals surface area contributed by atoms with Gasteiger partial charge in [0.05, 0.1) is 5.69 Å².